The van der Waals surface area contributed by atoms with Crippen LogP contribution in [-0.4, -0.2) is 34.6 Å². The number of likely N-dealkylation sites (N-methyl/N-ethyl adjacent to an activating group) is 1. The van der Waals surface area contributed by atoms with Crippen LogP contribution in [0.1, 0.15) is 0 Å². The lowest BCUT2D eigenvalue weighted by Gasteiger charge is -2.12. The molecule has 0 aromatic carbocycles. The minimum Gasteiger partial charge on any atom is -0.395 e. The fourth-order valence-corrected chi connectivity index (χ4v) is 1.06. The maximum Gasteiger partial charge on any atom is 0.0785 e. The molecule has 2 N–H and O–H groups in total. The maximum absolute atomic E-state index is 8.86. The number of nitrogens with zero attached hydrogens (tertiary/aromatic N) is 2. The van der Waals surface area contributed by atoms with Gasteiger partial charge in [-0.25, -0.2) is 0 Å². The van der Waals surface area contributed by atoms with Crippen LogP contribution >= 0.6 is 11.6 Å². The molecule has 0 fully saturated rings. The third-order valence-electron chi connectivity index (χ3n) is 1.64. The normalized spacial score (nSPS) is 13.2. The summed E-state index contributed by atoms with van der Waals surface area (Å²) in [6.45, 7) is 0.716. The fraction of sp³-hybridized carbons (Fsp3) is 0.571. The molecule has 0 saturated heterocycles. The fourth-order valence-electron chi connectivity index (χ4n) is 0.904. The number of nitrogens with one attached hydrogen (secondary N) is 1. The van der Waals surface area contributed by atoms with Crippen molar-refractivity contribution >= 4 is 11.6 Å². The Kier molecular flexibility index (Phi) is 3.52. The smallest absolute Gasteiger partial charge is 0.0785 e. The lowest BCUT2D eigenvalue weighted by Crippen LogP contribution is -2.33. The Hall–Kier alpha value is -0.580. The number of halogens is 1. The highest BCUT2D eigenvalue weighted by Crippen LogP contribution is 2.04. The van der Waals surface area contributed by atoms with Gasteiger partial charge in [0.15, 0.2) is 0 Å². The highest BCUT2D eigenvalue weighted by molar-refractivity contribution is 6.30. The minimum atomic E-state index is 0.0287. The lowest BCUT2D eigenvalue weighted by molar-refractivity contribution is 0.232. The third-order valence-corrected chi connectivity index (χ3v) is 1.83. The Labute approximate surface area is 76.1 Å². The second-order valence-corrected chi connectivity index (χ2v) is 2.99. The largest absolute Gasteiger partial charge is 0.395 e. The third kappa shape index (κ3) is 2.48. The summed E-state index contributed by atoms with van der Waals surface area (Å²) in [6, 6.07) is 0.0287. The summed E-state index contributed by atoms with van der Waals surface area (Å²) in [5.41, 5.74) is 0. The second-order valence-electron chi connectivity index (χ2n) is 2.55. The lowest BCUT2D eigenvalue weighted by atomic mass is 10.3. The van der Waals surface area contributed by atoms with E-state index in [1.165, 1.54) is 0 Å². The van der Waals surface area contributed by atoms with E-state index in [4.69, 9.17) is 16.7 Å². The molecule has 0 amide bonds. The van der Waals surface area contributed by atoms with Gasteiger partial charge in [0.1, 0.15) is 0 Å². The number of aliphatic hydroxyl groups excluding tert-OH is 1. The number of hydrogen-bond acceptors (Lipinski definition) is 3. The van der Waals surface area contributed by atoms with E-state index in [9.17, 15) is 0 Å². The summed E-state index contributed by atoms with van der Waals surface area (Å²) >= 11 is 5.66. The van der Waals surface area contributed by atoms with E-state index in [0.717, 1.165) is 0 Å². The van der Waals surface area contributed by atoms with Crippen molar-refractivity contribution in [1.29, 1.82) is 0 Å². The first kappa shape index (κ1) is 9.51. The molecule has 0 aliphatic rings. The van der Waals surface area contributed by atoms with Gasteiger partial charge in [0.2, 0.25) is 0 Å². The Balaban J connectivity index is 2.50. The van der Waals surface area contributed by atoms with Gasteiger partial charge < -0.3 is 10.4 Å². The van der Waals surface area contributed by atoms with Crippen molar-refractivity contribution in [2.24, 2.45) is 0 Å². The molecule has 0 aliphatic carbocycles. The summed E-state index contributed by atoms with van der Waals surface area (Å²) < 4.78 is 1.69. The number of aromatic nitrogens is 2. The molecular formula is C7H12ClN3O. The number of rotatable bonds is 4. The van der Waals surface area contributed by atoms with E-state index < -0.39 is 0 Å². The van der Waals surface area contributed by atoms with Crippen molar-refractivity contribution in [3.8, 4) is 0 Å². The molecule has 0 saturated carbocycles. The predicted molar refractivity (Wildman–Crippen MR) is 47.2 cm³/mol. The van der Waals surface area contributed by atoms with Crippen molar-refractivity contribution in [2.45, 2.75) is 12.6 Å². The monoisotopic (exact) mass is 189 g/mol. The topological polar surface area (TPSA) is 50.1 Å². The van der Waals surface area contributed by atoms with Crippen LogP contribution in [-0.2, 0) is 6.54 Å². The first-order chi connectivity index (χ1) is 5.76. The maximum atomic E-state index is 8.86. The van der Waals surface area contributed by atoms with E-state index in [0.29, 0.717) is 11.6 Å². The summed E-state index contributed by atoms with van der Waals surface area (Å²) in [6.07, 6.45) is 3.30. The summed E-state index contributed by atoms with van der Waals surface area (Å²) in [7, 11) is 1.80. The van der Waals surface area contributed by atoms with Crippen molar-refractivity contribution < 1.29 is 5.11 Å². The first-order valence-electron chi connectivity index (χ1n) is 3.72. The SMILES string of the molecule is CNC(CO)Cn1cc(Cl)cn1. The van der Waals surface area contributed by atoms with Crippen molar-refractivity contribution in [2.75, 3.05) is 13.7 Å². The summed E-state index contributed by atoms with van der Waals surface area (Å²) in [4.78, 5) is 0. The van der Waals surface area contributed by atoms with Crippen LogP contribution in [0.3, 0.4) is 0 Å². The minimum absolute atomic E-state index is 0.0287. The number of aliphatic hydroxyl groups is 1. The first-order valence-corrected chi connectivity index (χ1v) is 4.10. The average molecular weight is 190 g/mol. The Morgan fingerprint density at radius 3 is 3.00 bits per heavy atom. The predicted octanol–water partition coefficient (Wildman–Crippen LogP) is 0.117. The summed E-state index contributed by atoms with van der Waals surface area (Å²) in [5, 5.41) is 16.4. The van der Waals surface area contributed by atoms with Gasteiger partial charge in [-0.05, 0) is 7.05 Å². The van der Waals surface area contributed by atoms with Crippen LogP contribution in [0.25, 0.3) is 0 Å². The number of hydrogen-bond donors (Lipinski definition) is 2. The Morgan fingerprint density at radius 2 is 2.58 bits per heavy atom. The molecule has 4 nitrogen and oxygen atoms in total. The molecule has 5 heteroatoms. The zero-order valence-corrected chi connectivity index (χ0v) is 7.62. The molecule has 1 heterocycles. The van der Waals surface area contributed by atoms with E-state index in [-0.39, 0.29) is 12.6 Å². The van der Waals surface area contributed by atoms with Crippen LogP contribution in [0.4, 0.5) is 0 Å². The van der Waals surface area contributed by atoms with Crippen LogP contribution in [0.15, 0.2) is 12.4 Å². The van der Waals surface area contributed by atoms with Crippen molar-refractivity contribution in [3.63, 3.8) is 0 Å². The summed E-state index contributed by atoms with van der Waals surface area (Å²) in [5.74, 6) is 0. The molecule has 12 heavy (non-hydrogen) atoms. The van der Waals surface area contributed by atoms with Gasteiger partial charge in [-0.1, -0.05) is 11.6 Å². The van der Waals surface area contributed by atoms with Crippen LogP contribution < -0.4 is 5.32 Å². The Morgan fingerprint density at radius 1 is 1.83 bits per heavy atom. The van der Waals surface area contributed by atoms with E-state index in [1.807, 2.05) is 0 Å². The molecule has 68 valence electrons. The molecule has 0 radical (unpaired) electrons. The van der Waals surface area contributed by atoms with Crippen LogP contribution in [0.2, 0.25) is 5.02 Å². The highest BCUT2D eigenvalue weighted by Gasteiger charge is 2.05. The zero-order valence-electron chi connectivity index (χ0n) is 6.87. The molecule has 1 unspecified atom stereocenters. The quantitative estimate of drug-likeness (QED) is 0.708. The van der Waals surface area contributed by atoms with E-state index >= 15 is 0 Å². The highest BCUT2D eigenvalue weighted by atomic mass is 35.5. The van der Waals surface area contributed by atoms with Crippen LogP contribution in [0.5, 0.6) is 0 Å². The molecule has 1 aromatic heterocycles. The molecule has 1 aromatic rings. The molecule has 0 bridgehead atoms. The average Bonchev–Trinajstić information content (AvgIpc) is 2.47. The van der Waals surface area contributed by atoms with Gasteiger partial charge in [0.05, 0.1) is 24.4 Å². The van der Waals surface area contributed by atoms with Crippen molar-refractivity contribution in [1.82, 2.24) is 15.1 Å². The second kappa shape index (κ2) is 4.45. The van der Waals surface area contributed by atoms with Gasteiger partial charge in [0.25, 0.3) is 0 Å². The van der Waals surface area contributed by atoms with Gasteiger partial charge in [-0.3, -0.25) is 4.68 Å². The Bertz CT molecular complexity index is 234. The molecule has 1 atom stereocenters. The standard InChI is InChI=1S/C7H12ClN3O/c1-9-7(5-12)4-11-3-6(8)2-10-11/h2-3,7,9,12H,4-5H2,1H3. The molecule has 1 rings (SSSR count). The van der Waals surface area contributed by atoms with Crippen LogP contribution in [0, 0.1) is 0 Å². The zero-order chi connectivity index (χ0) is 8.97. The van der Waals surface area contributed by atoms with Gasteiger partial charge in [-0.15, -0.1) is 0 Å². The molecule has 0 aliphatic heterocycles. The van der Waals surface area contributed by atoms with E-state index in [2.05, 4.69) is 10.4 Å². The molecule has 0 spiro atoms. The van der Waals surface area contributed by atoms with E-state index in [1.54, 1.807) is 24.1 Å². The van der Waals surface area contributed by atoms with Gasteiger partial charge in [-0.2, -0.15) is 5.10 Å². The molecular weight excluding hydrogens is 178 g/mol. The van der Waals surface area contributed by atoms with Gasteiger partial charge in [0, 0.05) is 12.2 Å². The van der Waals surface area contributed by atoms with Crippen molar-refractivity contribution in [3.05, 3.63) is 17.4 Å². The van der Waals surface area contributed by atoms with Gasteiger partial charge >= 0.3 is 0 Å².